The van der Waals surface area contributed by atoms with Crippen molar-refractivity contribution in [1.29, 1.82) is 0 Å². The van der Waals surface area contributed by atoms with Crippen LogP contribution < -0.4 is 10.6 Å². The summed E-state index contributed by atoms with van der Waals surface area (Å²) < 4.78 is 1.80. The maximum absolute atomic E-state index is 6.05. The third-order valence-electron chi connectivity index (χ3n) is 3.43. The number of hydrogen-bond acceptors (Lipinski definition) is 5. The van der Waals surface area contributed by atoms with Gasteiger partial charge in [0, 0.05) is 30.9 Å². The van der Waals surface area contributed by atoms with Crippen LogP contribution in [0.25, 0.3) is 5.78 Å². The molecule has 2 aromatic rings. The molecule has 0 bridgehead atoms. The van der Waals surface area contributed by atoms with Crippen LogP contribution in [0.2, 0.25) is 0 Å². The van der Waals surface area contributed by atoms with Crippen molar-refractivity contribution in [2.24, 2.45) is 5.73 Å². The molecule has 2 N–H and O–H groups in total. The second-order valence-corrected chi connectivity index (χ2v) is 4.78. The van der Waals surface area contributed by atoms with Crippen molar-refractivity contribution in [3.8, 4) is 0 Å². The van der Waals surface area contributed by atoms with Crippen molar-refractivity contribution >= 4 is 11.6 Å². The Morgan fingerprint density at radius 2 is 2.39 bits per heavy atom. The zero-order valence-electron chi connectivity index (χ0n) is 10.6. The Balaban J connectivity index is 2.05. The molecule has 3 rings (SSSR count). The van der Waals surface area contributed by atoms with Crippen LogP contribution in [0.1, 0.15) is 25.5 Å². The van der Waals surface area contributed by atoms with E-state index >= 15 is 0 Å². The van der Waals surface area contributed by atoms with E-state index in [0.717, 1.165) is 43.9 Å². The number of fused-ring (bicyclic) bond motifs is 1. The van der Waals surface area contributed by atoms with E-state index in [-0.39, 0.29) is 6.04 Å². The first-order chi connectivity index (χ1) is 8.78. The maximum atomic E-state index is 6.05. The van der Waals surface area contributed by atoms with Gasteiger partial charge in [-0.2, -0.15) is 14.6 Å². The summed E-state index contributed by atoms with van der Waals surface area (Å²) >= 11 is 0. The Morgan fingerprint density at radius 3 is 3.17 bits per heavy atom. The van der Waals surface area contributed by atoms with E-state index in [0.29, 0.717) is 5.78 Å². The normalized spacial score (nSPS) is 20.6. The van der Waals surface area contributed by atoms with Crippen molar-refractivity contribution < 1.29 is 0 Å². The van der Waals surface area contributed by atoms with Gasteiger partial charge in [-0.15, -0.1) is 0 Å². The lowest BCUT2D eigenvalue weighted by atomic mass is 10.1. The van der Waals surface area contributed by atoms with Gasteiger partial charge in [0.15, 0.2) is 0 Å². The molecule has 6 heteroatoms. The zero-order valence-corrected chi connectivity index (χ0v) is 10.6. The van der Waals surface area contributed by atoms with E-state index in [1.165, 1.54) is 0 Å². The Bertz CT molecular complexity index is 548. The summed E-state index contributed by atoms with van der Waals surface area (Å²) in [7, 11) is 0. The van der Waals surface area contributed by atoms with Gasteiger partial charge in [0.2, 0.25) is 0 Å². The van der Waals surface area contributed by atoms with E-state index < -0.39 is 0 Å². The maximum Gasteiger partial charge on any atom is 0.254 e. The lowest BCUT2D eigenvalue weighted by Crippen LogP contribution is -2.43. The van der Waals surface area contributed by atoms with Crippen LogP contribution in [0.5, 0.6) is 0 Å². The highest BCUT2D eigenvalue weighted by atomic mass is 15.4. The molecule has 1 fully saturated rings. The van der Waals surface area contributed by atoms with Gasteiger partial charge in [-0.1, -0.05) is 6.92 Å². The van der Waals surface area contributed by atoms with Gasteiger partial charge in [0.25, 0.3) is 5.78 Å². The van der Waals surface area contributed by atoms with Crippen molar-refractivity contribution in [1.82, 2.24) is 19.6 Å². The van der Waals surface area contributed by atoms with E-state index in [1.807, 2.05) is 0 Å². The Kier molecular flexibility index (Phi) is 2.87. The summed E-state index contributed by atoms with van der Waals surface area (Å²) in [6.45, 7) is 4.00. The van der Waals surface area contributed by atoms with Gasteiger partial charge >= 0.3 is 0 Å². The minimum atomic E-state index is 0.246. The molecular weight excluding hydrogens is 228 g/mol. The number of hydrogen-bond donors (Lipinski definition) is 1. The second-order valence-electron chi connectivity index (χ2n) is 4.78. The lowest BCUT2D eigenvalue weighted by molar-refractivity contribution is 0.500. The number of anilines is 1. The molecule has 1 saturated heterocycles. The Labute approximate surface area is 106 Å². The Hall–Kier alpha value is -1.69. The van der Waals surface area contributed by atoms with Crippen LogP contribution in [0.4, 0.5) is 5.82 Å². The highest BCUT2D eigenvalue weighted by Gasteiger charge is 2.20. The third-order valence-corrected chi connectivity index (χ3v) is 3.43. The minimum Gasteiger partial charge on any atom is -0.355 e. The molecule has 0 aliphatic carbocycles. The van der Waals surface area contributed by atoms with E-state index in [9.17, 15) is 0 Å². The number of piperidine rings is 1. The van der Waals surface area contributed by atoms with Gasteiger partial charge in [-0.3, -0.25) is 0 Å². The molecule has 3 heterocycles. The summed E-state index contributed by atoms with van der Waals surface area (Å²) in [6.07, 6.45) is 4.68. The van der Waals surface area contributed by atoms with E-state index in [1.54, 1.807) is 10.8 Å². The first kappa shape index (κ1) is 11.4. The molecule has 0 radical (unpaired) electrons. The number of nitrogens with two attached hydrogens (primary N) is 1. The number of rotatable bonds is 2. The average Bonchev–Trinajstić information content (AvgIpc) is 2.85. The van der Waals surface area contributed by atoms with Crippen LogP contribution in [0.15, 0.2) is 12.4 Å². The molecule has 1 aliphatic heterocycles. The predicted octanol–water partition coefficient (Wildman–Crippen LogP) is 0.614. The summed E-state index contributed by atoms with van der Waals surface area (Å²) in [5.41, 5.74) is 7.10. The first-order valence-corrected chi connectivity index (χ1v) is 6.48. The molecule has 1 aliphatic rings. The van der Waals surface area contributed by atoms with Crippen molar-refractivity contribution in [3.63, 3.8) is 0 Å². The molecule has 18 heavy (non-hydrogen) atoms. The molecule has 0 amide bonds. The molecule has 96 valence electrons. The van der Waals surface area contributed by atoms with Crippen LogP contribution in [0, 0.1) is 0 Å². The first-order valence-electron chi connectivity index (χ1n) is 6.48. The van der Waals surface area contributed by atoms with Gasteiger partial charge in [0.1, 0.15) is 12.1 Å². The van der Waals surface area contributed by atoms with E-state index in [2.05, 4.69) is 33.0 Å². The van der Waals surface area contributed by atoms with Crippen LogP contribution in [-0.4, -0.2) is 38.7 Å². The summed E-state index contributed by atoms with van der Waals surface area (Å²) in [6, 6.07) is 2.34. The minimum absolute atomic E-state index is 0.246. The summed E-state index contributed by atoms with van der Waals surface area (Å²) in [4.78, 5) is 10.9. The average molecular weight is 246 g/mol. The molecule has 1 unspecified atom stereocenters. The molecule has 0 aromatic carbocycles. The quantitative estimate of drug-likeness (QED) is 0.840. The SMILES string of the molecule is CCc1cc(N2CCCC(N)C2)n2ncnc2n1. The fourth-order valence-corrected chi connectivity index (χ4v) is 2.47. The highest BCUT2D eigenvalue weighted by molar-refractivity contribution is 5.47. The summed E-state index contributed by atoms with van der Waals surface area (Å²) in [5.74, 6) is 1.73. The molecule has 2 aromatic heterocycles. The molecule has 0 saturated carbocycles. The lowest BCUT2D eigenvalue weighted by Gasteiger charge is -2.32. The Morgan fingerprint density at radius 1 is 1.50 bits per heavy atom. The van der Waals surface area contributed by atoms with Crippen LogP contribution in [-0.2, 0) is 6.42 Å². The fourth-order valence-electron chi connectivity index (χ4n) is 2.47. The molecule has 6 nitrogen and oxygen atoms in total. The molecule has 1 atom stereocenters. The highest BCUT2D eigenvalue weighted by Crippen LogP contribution is 2.20. The third kappa shape index (κ3) is 1.92. The predicted molar refractivity (Wildman–Crippen MR) is 69.6 cm³/mol. The fraction of sp³-hybridized carbons (Fsp3) is 0.583. The number of aromatic nitrogens is 4. The van der Waals surface area contributed by atoms with Gasteiger partial charge in [-0.25, -0.2) is 4.98 Å². The van der Waals surface area contributed by atoms with Crippen molar-refractivity contribution in [2.45, 2.75) is 32.2 Å². The number of aryl methyl sites for hydroxylation is 1. The van der Waals surface area contributed by atoms with Gasteiger partial charge < -0.3 is 10.6 Å². The second kappa shape index (κ2) is 4.53. The van der Waals surface area contributed by atoms with E-state index in [4.69, 9.17) is 5.73 Å². The largest absolute Gasteiger partial charge is 0.355 e. The van der Waals surface area contributed by atoms with Crippen LogP contribution in [0.3, 0.4) is 0 Å². The molecule has 0 spiro atoms. The van der Waals surface area contributed by atoms with Gasteiger partial charge in [0.05, 0.1) is 0 Å². The monoisotopic (exact) mass is 246 g/mol. The van der Waals surface area contributed by atoms with Gasteiger partial charge in [-0.05, 0) is 19.3 Å². The van der Waals surface area contributed by atoms with Crippen LogP contribution >= 0.6 is 0 Å². The molecular formula is C12H18N6. The standard InChI is InChI=1S/C12H18N6/c1-2-10-6-11(17-5-3-4-9(13)7-17)18-12(16-10)14-8-15-18/h6,8-9H,2-5,7,13H2,1H3. The van der Waals surface area contributed by atoms with Crippen molar-refractivity contribution in [2.75, 3.05) is 18.0 Å². The zero-order chi connectivity index (χ0) is 12.5. The smallest absolute Gasteiger partial charge is 0.254 e. The topological polar surface area (TPSA) is 72.3 Å². The number of nitrogens with zero attached hydrogens (tertiary/aromatic N) is 5. The van der Waals surface area contributed by atoms with Crippen molar-refractivity contribution in [3.05, 3.63) is 18.1 Å². The summed E-state index contributed by atoms with van der Waals surface area (Å²) in [5, 5.41) is 4.25.